The lowest BCUT2D eigenvalue weighted by Gasteiger charge is -2.20. The average molecular weight is 495 g/mol. The number of hydrogen-bond acceptors (Lipinski definition) is 5. The lowest BCUT2D eigenvalue weighted by molar-refractivity contribution is -0.123. The maximum atomic E-state index is 13.3. The fourth-order valence-corrected chi connectivity index (χ4v) is 3.77. The molecule has 36 heavy (non-hydrogen) atoms. The summed E-state index contributed by atoms with van der Waals surface area (Å²) >= 11 is 0. The summed E-state index contributed by atoms with van der Waals surface area (Å²) in [5.41, 5.74) is 6.64. The first kappa shape index (κ1) is 26.5. The van der Waals surface area contributed by atoms with Crippen LogP contribution in [0.2, 0.25) is 0 Å². The predicted octanol–water partition coefficient (Wildman–Crippen LogP) is 3.38. The van der Waals surface area contributed by atoms with Crippen molar-refractivity contribution in [2.45, 2.75) is 25.4 Å². The summed E-state index contributed by atoms with van der Waals surface area (Å²) < 4.78 is 23.4. The van der Waals surface area contributed by atoms with E-state index in [9.17, 15) is 14.0 Å². The van der Waals surface area contributed by atoms with Crippen molar-refractivity contribution in [3.05, 3.63) is 71.8 Å². The highest BCUT2D eigenvalue weighted by molar-refractivity contribution is 6.04. The van der Waals surface area contributed by atoms with Gasteiger partial charge in [-0.1, -0.05) is 42.5 Å². The van der Waals surface area contributed by atoms with Crippen LogP contribution in [0.1, 0.15) is 28.8 Å². The van der Waals surface area contributed by atoms with E-state index in [-0.39, 0.29) is 18.3 Å². The van der Waals surface area contributed by atoms with Crippen LogP contribution in [-0.4, -0.2) is 51.1 Å². The highest BCUT2D eigenvalue weighted by atomic mass is 19.1. The number of aliphatic imine (C=N–C) groups is 1. The third-order valence-electron chi connectivity index (χ3n) is 5.66. The van der Waals surface area contributed by atoms with Crippen LogP contribution in [0.3, 0.4) is 0 Å². The number of nitrogens with two attached hydrogens (primary N) is 1. The van der Waals surface area contributed by atoms with Crippen molar-refractivity contribution in [3.8, 4) is 11.5 Å². The van der Waals surface area contributed by atoms with Gasteiger partial charge in [0.2, 0.25) is 5.91 Å². The summed E-state index contributed by atoms with van der Waals surface area (Å²) in [6.45, 7) is -0.268. The number of nitrogens with one attached hydrogen (secondary N) is 2. The van der Waals surface area contributed by atoms with Crippen molar-refractivity contribution in [2.75, 3.05) is 27.4 Å². The first-order valence-electron chi connectivity index (χ1n) is 11.6. The Bertz CT molecular complexity index is 1220. The number of amidine groups is 1. The number of carbonyl (C=O) groups excluding carboxylic acids is 2. The average Bonchev–Trinajstić information content (AvgIpc) is 2.92. The fourth-order valence-electron chi connectivity index (χ4n) is 3.77. The molecular formula is C27H31FN4O4. The number of fused-ring (bicyclic) bond motifs is 1. The third-order valence-corrected chi connectivity index (χ3v) is 5.66. The maximum absolute atomic E-state index is 13.3. The topological polar surface area (TPSA) is 115 Å². The van der Waals surface area contributed by atoms with Crippen LogP contribution >= 0.6 is 0 Å². The van der Waals surface area contributed by atoms with Crippen molar-refractivity contribution in [1.82, 2.24) is 10.6 Å². The number of benzene rings is 3. The van der Waals surface area contributed by atoms with Gasteiger partial charge in [-0.2, -0.15) is 0 Å². The van der Waals surface area contributed by atoms with Crippen molar-refractivity contribution < 1.29 is 23.5 Å². The lowest BCUT2D eigenvalue weighted by atomic mass is 10.0. The fraction of sp³-hybridized carbons (Fsp3) is 0.296. The Balaban J connectivity index is 1.80. The molecule has 1 unspecified atom stereocenters. The number of methoxy groups -OCH3 is 2. The Kier molecular flexibility index (Phi) is 9.62. The molecule has 8 nitrogen and oxygen atoms in total. The summed E-state index contributed by atoms with van der Waals surface area (Å²) in [5.74, 6) is 0.122. The zero-order chi connectivity index (χ0) is 25.9. The highest BCUT2D eigenvalue weighted by Gasteiger charge is 2.23. The number of nitrogens with zero attached hydrogens (tertiary/aromatic N) is 1. The van der Waals surface area contributed by atoms with E-state index >= 15 is 0 Å². The molecule has 190 valence electrons. The van der Waals surface area contributed by atoms with Crippen LogP contribution in [0, 0.1) is 0 Å². The highest BCUT2D eigenvalue weighted by Crippen LogP contribution is 2.32. The molecule has 3 aromatic rings. The van der Waals surface area contributed by atoms with Crippen LogP contribution < -0.4 is 25.8 Å². The molecule has 4 N–H and O–H groups in total. The first-order valence-corrected chi connectivity index (χ1v) is 11.6. The number of amides is 2. The minimum Gasteiger partial charge on any atom is -0.496 e. The lowest BCUT2D eigenvalue weighted by Crippen LogP contribution is -2.46. The van der Waals surface area contributed by atoms with E-state index in [0.29, 0.717) is 36.4 Å². The van der Waals surface area contributed by atoms with E-state index in [0.717, 1.165) is 16.3 Å². The summed E-state index contributed by atoms with van der Waals surface area (Å²) in [4.78, 5) is 30.2. The summed E-state index contributed by atoms with van der Waals surface area (Å²) in [6, 6.07) is 17.6. The predicted molar refractivity (Wildman–Crippen MR) is 138 cm³/mol. The minimum absolute atomic E-state index is 0.0968. The molecule has 3 aromatic carbocycles. The van der Waals surface area contributed by atoms with Gasteiger partial charge >= 0.3 is 0 Å². The van der Waals surface area contributed by atoms with Gasteiger partial charge in [-0.15, -0.1) is 0 Å². The van der Waals surface area contributed by atoms with Crippen LogP contribution in [0.15, 0.2) is 65.7 Å². The van der Waals surface area contributed by atoms with Gasteiger partial charge < -0.3 is 25.8 Å². The molecule has 0 aliphatic rings. The molecule has 9 heteroatoms. The SMILES string of the molecule is COc1cc2c(OC)cccc2cc1C(=O)NC(CCCN=C(N)CF)C(=O)NCc1ccccc1. The number of ether oxygens (including phenoxy) is 2. The quantitative estimate of drug-likeness (QED) is 0.203. The largest absolute Gasteiger partial charge is 0.496 e. The van der Waals surface area contributed by atoms with E-state index in [1.165, 1.54) is 7.11 Å². The molecule has 0 radical (unpaired) electrons. The Labute approximate surface area is 209 Å². The Morgan fingerprint density at radius 3 is 2.47 bits per heavy atom. The number of rotatable bonds is 12. The summed E-state index contributed by atoms with van der Waals surface area (Å²) in [7, 11) is 3.05. The molecule has 0 spiro atoms. The van der Waals surface area contributed by atoms with Crippen molar-refractivity contribution in [2.24, 2.45) is 10.7 Å². The van der Waals surface area contributed by atoms with Crippen LogP contribution in [-0.2, 0) is 11.3 Å². The second kappa shape index (κ2) is 13.1. The summed E-state index contributed by atoms with van der Waals surface area (Å²) in [5, 5.41) is 7.28. The smallest absolute Gasteiger partial charge is 0.255 e. The number of carbonyl (C=O) groups is 2. The Morgan fingerprint density at radius 2 is 1.78 bits per heavy atom. The zero-order valence-electron chi connectivity index (χ0n) is 20.4. The molecular weight excluding hydrogens is 463 g/mol. The molecule has 0 aliphatic carbocycles. The van der Waals surface area contributed by atoms with Crippen LogP contribution in [0.25, 0.3) is 10.8 Å². The second-order valence-corrected chi connectivity index (χ2v) is 8.11. The maximum Gasteiger partial charge on any atom is 0.255 e. The van der Waals surface area contributed by atoms with Gasteiger partial charge in [0.15, 0.2) is 0 Å². The summed E-state index contributed by atoms with van der Waals surface area (Å²) in [6.07, 6.45) is 0.718. The molecule has 0 heterocycles. The Morgan fingerprint density at radius 1 is 1.03 bits per heavy atom. The van der Waals surface area contributed by atoms with Gasteiger partial charge in [-0.25, -0.2) is 4.39 Å². The van der Waals surface area contributed by atoms with Gasteiger partial charge in [0, 0.05) is 18.5 Å². The molecule has 0 aromatic heterocycles. The van der Waals surface area contributed by atoms with Crippen molar-refractivity contribution >= 4 is 28.4 Å². The van der Waals surface area contributed by atoms with Crippen LogP contribution in [0.4, 0.5) is 4.39 Å². The molecule has 0 bridgehead atoms. The van der Waals surface area contributed by atoms with E-state index in [1.54, 1.807) is 19.2 Å². The van der Waals surface area contributed by atoms with E-state index in [2.05, 4.69) is 15.6 Å². The molecule has 3 rings (SSSR count). The van der Waals surface area contributed by atoms with Crippen molar-refractivity contribution in [1.29, 1.82) is 0 Å². The van der Waals surface area contributed by atoms with Gasteiger partial charge in [0.1, 0.15) is 30.1 Å². The molecule has 0 aliphatic heterocycles. The standard InChI is InChI=1S/C27H31FN4O4/c1-35-23-12-6-10-19-14-21(24(36-2)15-20(19)23)26(33)32-22(11-7-13-30-25(29)16-28)27(34)31-17-18-8-4-3-5-9-18/h3-6,8-10,12,14-15,22H,7,11,13,16-17H2,1-2H3,(H2,29,30)(H,31,34)(H,32,33). The molecule has 0 saturated carbocycles. The van der Waals surface area contributed by atoms with E-state index in [4.69, 9.17) is 15.2 Å². The first-order chi connectivity index (χ1) is 17.5. The van der Waals surface area contributed by atoms with Crippen molar-refractivity contribution in [3.63, 3.8) is 0 Å². The normalized spacial score (nSPS) is 12.1. The van der Waals surface area contributed by atoms with Crippen LogP contribution in [0.5, 0.6) is 11.5 Å². The third kappa shape index (κ3) is 6.94. The number of alkyl halides is 1. The van der Waals surface area contributed by atoms with Gasteiger partial charge in [0.05, 0.1) is 19.8 Å². The zero-order valence-corrected chi connectivity index (χ0v) is 20.4. The van der Waals surface area contributed by atoms with Gasteiger partial charge in [-0.3, -0.25) is 14.6 Å². The van der Waals surface area contributed by atoms with E-state index < -0.39 is 18.6 Å². The number of hydrogen-bond donors (Lipinski definition) is 3. The Hall–Kier alpha value is -4.14. The van der Waals surface area contributed by atoms with Gasteiger partial charge in [-0.05, 0) is 42.0 Å². The molecule has 1 atom stereocenters. The molecule has 2 amide bonds. The minimum atomic E-state index is -0.839. The second-order valence-electron chi connectivity index (χ2n) is 8.11. The molecule has 0 saturated heterocycles. The monoisotopic (exact) mass is 494 g/mol. The molecule has 0 fully saturated rings. The number of halogens is 1. The van der Waals surface area contributed by atoms with Gasteiger partial charge in [0.25, 0.3) is 5.91 Å². The van der Waals surface area contributed by atoms with E-state index in [1.807, 2.05) is 48.5 Å².